The molecule has 3 rings (SSSR count). The van der Waals surface area contributed by atoms with E-state index in [1.54, 1.807) is 0 Å². The Morgan fingerprint density at radius 2 is 1.60 bits per heavy atom. The Kier molecular flexibility index (Phi) is 7.14. The van der Waals surface area contributed by atoms with E-state index < -0.39 is 38.4 Å². The van der Waals surface area contributed by atoms with Gasteiger partial charge in [0.05, 0.1) is 39.6 Å². The molecule has 14 heteroatoms. The molecule has 0 aromatic heterocycles. The molecule has 0 heterocycles. The molecule has 0 radical (unpaired) electrons. The number of carbonyl (C=O) groups is 1. The Hall–Kier alpha value is -4.33. The largest absolute Gasteiger partial charge is 0.495 e. The number of hydrogen-bond acceptors (Lipinski definition) is 6. The van der Waals surface area contributed by atoms with Gasteiger partial charge in [-0.1, -0.05) is 18.2 Å². The fourth-order valence-electron chi connectivity index (χ4n) is 2.91. The molecule has 10 nitrogen and oxygen atoms in total. The van der Waals surface area contributed by atoms with Crippen LogP contribution in [0.15, 0.2) is 71.6 Å². The number of carbonyl (C=O) groups excluding carboxylic acids is 1. The highest BCUT2D eigenvalue weighted by Crippen LogP contribution is 2.35. The first-order valence-electron chi connectivity index (χ1n) is 9.60. The fraction of sp³-hybridized carbons (Fsp3) is 0.0952. The third-order valence-corrected chi connectivity index (χ3v) is 5.90. The molecule has 3 aromatic rings. The summed E-state index contributed by atoms with van der Waals surface area (Å²) in [5, 5.41) is 15.5. The number of methoxy groups -OCH3 is 1. The van der Waals surface area contributed by atoms with Crippen molar-refractivity contribution in [2.75, 3.05) is 22.5 Å². The molecule has 0 unspecified atom stereocenters. The summed E-state index contributed by atoms with van der Waals surface area (Å²) in [5.41, 5.74) is -1.85. The van der Waals surface area contributed by atoms with Gasteiger partial charge < -0.3 is 15.4 Å². The van der Waals surface area contributed by atoms with Crippen LogP contribution < -0.4 is 20.1 Å². The number of sulfonamides is 1. The minimum atomic E-state index is -4.66. The van der Waals surface area contributed by atoms with E-state index in [2.05, 4.69) is 15.4 Å². The fourth-order valence-corrected chi connectivity index (χ4v) is 4.03. The second-order valence-electron chi connectivity index (χ2n) is 6.90. The molecule has 0 atom stereocenters. The van der Waals surface area contributed by atoms with Crippen LogP contribution in [0, 0.1) is 10.1 Å². The number of amides is 2. The van der Waals surface area contributed by atoms with Gasteiger partial charge in [-0.15, -0.1) is 0 Å². The summed E-state index contributed by atoms with van der Waals surface area (Å²) in [6.45, 7) is 0. The van der Waals surface area contributed by atoms with E-state index in [1.165, 1.54) is 37.4 Å². The van der Waals surface area contributed by atoms with Crippen molar-refractivity contribution in [3.05, 3.63) is 82.4 Å². The lowest BCUT2D eigenvalue weighted by molar-refractivity contribution is -0.385. The highest BCUT2D eigenvalue weighted by molar-refractivity contribution is 7.92. The van der Waals surface area contributed by atoms with Crippen molar-refractivity contribution < 1.29 is 36.0 Å². The lowest BCUT2D eigenvalue weighted by Crippen LogP contribution is -2.22. The van der Waals surface area contributed by atoms with Crippen LogP contribution in [0.2, 0.25) is 0 Å². The zero-order chi connectivity index (χ0) is 25.8. The van der Waals surface area contributed by atoms with E-state index in [0.717, 1.165) is 30.3 Å². The van der Waals surface area contributed by atoms with Gasteiger partial charge in [0.25, 0.3) is 15.7 Å². The minimum absolute atomic E-state index is 0.0344. The van der Waals surface area contributed by atoms with E-state index in [-0.39, 0.29) is 27.7 Å². The number of hydrogen-bond donors (Lipinski definition) is 3. The Balaban J connectivity index is 1.83. The predicted octanol–water partition coefficient (Wildman–Crippen LogP) is 5.07. The Labute approximate surface area is 196 Å². The number of nitro groups is 1. The highest BCUT2D eigenvalue weighted by Gasteiger charge is 2.31. The molecule has 35 heavy (non-hydrogen) atoms. The number of nitrogens with zero attached hydrogens (tertiary/aromatic N) is 1. The van der Waals surface area contributed by atoms with Crippen molar-refractivity contribution in [1.82, 2.24) is 0 Å². The standard InChI is InChI=1S/C21H17F3N4O6S/c1-34-19-10-9-13(21(22,23)24)11-18(19)26-20(29)25-16-7-2-3-8-17(16)27-35(32,33)15-6-4-5-14(12-15)28(30)31/h2-12,27H,1H3,(H2,25,26,29). The third kappa shape index (κ3) is 6.17. The van der Waals surface area contributed by atoms with E-state index in [0.29, 0.717) is 6.07 Å². The number of urea groups is 1. The zero-order valence-electron chi connectivity index (χ0n) is 17.8. The van der Waals surface area contributed by atoms with Gasteiger partial charge in [-0.25, -0.2) is 13.2 Å². The van der Waals surface area contributed by atoms with Gasteiger partial charge in [-0.2, -0.15) is 13.2 Å². The van der Waals surface area contributed by atoms with E-state index in [1.807, 2.05) is 0 Å². The van der Waals surface area contributed by atoms with Crippen LogP contribution in [0.1, 0.15) is 5.56 Å². The third-order valence-electron chi connectivity index (χ3n) is 4.53. The number of ether oxygens (including phenoxy) is 1. The summed E-state index contributed by atoms with van der Waals surface area (Å²) in [6.07, 6.45) is -4.66. The summed E-state index contributed by atoms with van der Waals surface area (Å²) < 4.78 is 71.8. The van der Waals surface area contributed by atoms with Crippen molar-refractivity contribution in [3.8, 4) is 5.75 Å². The number of anilines is 3. The number of nitrogens with one attached hydrogen (secondary N) is 3. The SMILES string of the molecule is COc1ccc(C(F)(F)F)cc1NC(=O)Nc1ccccc1NS(=O)(=O)c1cccc([N+](=O)[O-])c1. The van der Waals surface area contributed by atoms with Gasteiger partial charge >= 0.3 is 12.2 Å². The number of benzene rings is 3. The number of rotatable bonds is 7. The monoisotopic (exact) mass is 510 g/mol. The maximum Gasteiger partial charge on any atom is 0.416 e. The average Bonchev–Trinajstić information content (AvgIpc) is 2.79. The molecule has 3 aromatic carbocycles. The van der Waals surface area contributed by atoms with Crippen molar-refractivity contribution in [2.45, 2.75) is 11.1 Å². The maximum absolute atomic E-state index is 13.0. The molecule has 0 aliphatic carbocycles. The van der Waals surface area contributed by atoms with Crippen LogP contribution in [-0.4, -0.2) is 26.5 Å². The van der Waals surface area contributed by atoms with Crippen LogP contribution in [0.25, 0.3) is 0 Å². The lowest BCUT2D eigenvalue weighted by Gasteiger charge is -2.16. The van der Waals surface area contributed by atoms with Crippen molar-refractivity contribution in [1.29, 1.82) is 0 Å². The Bertz CT molecular complexity index is 1380. The molecule has 0 bridgehead atoms. The second-order valence-corrected chi connectivity index (χ2v) is 8.58. The van der Waals surface area contributed by atoms with Gasteiger partial charge in [0, 0.05) is 12.1 Å². The predicted molar refractivity (Wildman–Crippen MR) is 121 cm³/mol. The van der Waals surface area contributed by atoms with Crippen LogP contribution in [0.3, 0.4) is 0 Å². The van der Waals surface area contributed by atoms with Crippen LogP contribution in [-0.2, 0) is 16.2 Å². The zero-order valence-corrected chi connectivity index (χ0v) is 18.6. The minimum Gasteiger partial charge on any atom is -0.495 e. The maximum atomic E-state index is 13.0. The lowest BCUT2D eigenvalue weighted by atomic mass is 10.2. The highest BCUT2D eigenvalue weighted by atomic mass is 32.2. The van der Waals surface area contributed by atoms with Crippen LogP contribution in [0.5, 0.6) is 5.75 Å². The van der Waals surface area contributed by atoms with E-state index in [9.17, 15) is 36.5 Å². The van der Waals surface area contributed by atoms with E-state index >= 15 is 0 Å². The molecule has 184 valence electrons. The summed E-state index contributed by atoms with van der Waals surface area (Å²) in [4.78, 5) is 22.3. The Morgan fingerprint density at radius 1 is 0.943 bits per heavy atom. The number of para-hydroxylation sites is 2. The normalized spacial score (nSPS) is 11.4. The van der Waals surface area contributed by atoms with Gasteiger partial charge in [0.15, 0.2) is 0 Å². The topological polar surface area (TPSA) is 140 Å². The molecular weight excluding hydrogens is 493 g/mol. The molecule has 0 aliphatic heterocycles. The molecule has 0 spiro atoms. The summed E-state index contributed by atoms with van der Waals surface area (Å²) >= 11 is 0. The average molecular weight is 510 g/mol. The molecule has 0 aliphatic rings. The summed E-state index contributed by atoms with van der Waals surface area (Å²) in [7, 11) is -3.08. The van der Waals surface area contributed by atoms with Crippen LogP contribution in [0.4, 0.5) is 40.7 Å². The molecule has 3 N–H and O–H groups in total. The van der Waals surface area contributed by atoms with Crippen LogP contribution >= 0.6 is 0 Å². The first kappa shape index (κ1) is 25.3. The first-order chi connectivity index (χ1) is 16.4. The number of halogens is 3. The van der Waals surface area contributed by atoms with Crippen molar-refractivity contribution in [2.24, 2.45) is 0 Å². The van der Waals surface area contributed by atoms with Crippen molar-refractivity contribution in [3.63, 3.8) is 0 Å². The van der Waals surface area contributed by atoms with Gasteiger partial charge in [-0.3, -0.25) is 14.8 Å². The molecule has 0 saturated heterocycles. The summed E-state index contributed by atoms with van der Waals surface area (Å²) in [6, 6.07) is 11.5. The van der Waals surface area contributed by atoms with Gasteiger partial charge in [0.2, 0.25) is 0 Å². The number of non-ortho nitro benzene ring substituents is 1. The Morgan fingerprint density at radius 3 is 2.23 bits per heavy atom. The molecule has 0 fully saturated rings. The van der Waals surface area contributed by atoms with E-state index in [4.69, 9.17) is 4.74 Å². The first-order valence-corrected chi connectivity index (χ1v) is 11.1. The second kappa shape index (κ2) is 9.89. The quantitative estimate of drug-likeness (QED) is 0.300. The number of nitro benzene ring substituents is 1. The molecular formula is C21H17F3N4O6S. The van der Waals surface area contributed by atoms with Gasteiger partial charge in [-0.05, 0) is 36.4 Å². The number of alkyl halides is 3. The summed E-state index contributed by atoms with van der Waals surface area (Å²) in [5.74, 6) is -0.0344. The smallest absolute Gasteiger partial charge is 0.416 e. The molecule has 0 saturated carbocycles. The molecule has 2 amide bonds. The van der Waals surface area contributed by atoms with Crippen molar-refractivity contribution >= 4 is 38.8 Å². The van der Waals surface area contributed by atoms with Gasteiger partial charge in [0.1, 0.15) is 5.75 Å².